The van der Waals surface area contributed by atoms with Gasteiger partial charge in [0.15, 0.2) is 5.01 Å². The lowest BCUT2D eigenvalue weighted by Crippen LogP contribution is -2.16. The Hall–Kier alpha value is -3.14. The number of pyridine rings is 1. The van der Waals surface area contributed by atoms with Crippen molar-refractivity contribution in [2.45, 2.75) is 31.5 Å². The van der Waals surface area contributed by atoms with Gasteiger partial charge in [0.2, 0.25) is 0 Å². The molecule has 0 saturated heterocycles. The Kier molecular flexibility index (Phi) is 4.62. The van der Waals surface area contributed by atoms with Crippen LogP contribution >= 0.6 is 11.3 Å². The second kappa shape index (κ2) is 7.23. The minimum Gasteiger partial charge on any atom is -0.488 e. The van der Waals surface area contributed by atoms with E-state index in [1.54, 1.807) is 12.3 Å². The van der Waals surface area contributed by atoms with Crippen molar-refractivity contribution in [2.24, 2.45) is 7.05 Å². The number of benzene rings is 1. The normalized spacial score (nSPS) is 14.3. The molecule has 1 saturated carbocycles. The molecular formula is C21H17F3N4O2S. The van der Waals surface area contributed by atoms with Crippen molar-refractivity contribution < 1.29 is 17.9 Å². The van der Waals surface area contributed by atoms with Gasteiger partial charge in [-0.15, -0.1) is 11.3 Å². The van der Waals surface area contributed by atoms with Gasteiger partial charge in [-0.3, -0.25) is 9.36 Å². The Labute approximate surface area is 178 Å². The Balaban J connectivity index is 1.36. The van der Waals surface area contributed by atoms with Crippen LogP contribution in [-0.2, 0) is 19.8 Å². The van der Waals surface area contributed by atoms with Gasteiger partial charge >= 0.3 is 6.18 Å². The molecule has 1 aliphatic rings. The fourth-order valence-corrected chi connectivity index (χ4v) is 4.17. The van der Waals surface area contributed by atoms with E-state index in [-0.39, 0.29) is 17.9 Å². The lowest BCUT2D eigenvalue weighted by molar-refractivity contribution is -0.137. The third kappa shape index (κ3) is 3.83. The number of nitrogens with zero attached hydrogens (tertiary/aromatic N) is 4. The molecule has 0 radical (unpaired) electrons. The van der Waals surface area contributed by atoms with Crippen molar-refractivity contribution in [1.82, 2.24) is 19.1 Å². The molecule has 0 amide bonds. The van der Waals surface area contributed by atoms with E-state index in [2.05, 4.69) is 9.55 Å². The van der Waals surface area contributed by atoms with Gasteiger partial charge in [0.1, 0.15) is 18.2 Å². The molecule has 31 heavy (non-hydrogen) atoms. The fourth-order valence-electron chi connectivity index (χ4n) is 3.48. The van der Waals surface area contributed by atoms with Gasteiger partial charge in [0.05, 0.1) is 21.6 Å². The number of alkyl halides is 3. The summed E-state index contributed by atoms with van der Waals surface area (Å²) in [7, 11) is 1.98. The topological polar surface area (TPSA) is 61.9 Å². The predicted octanol–water partition coefficient (Wildman–Crippen LogP) is 4.66. The average molecular weight is 446 g/mol. The number of aryl methyl sites for hydroxylation is 1. The van der Waals surface area contributed by atoms with Crippen LogP contribution < -0.4 is 10.3 Å². The van der Waals surface area contributed by atoms with Crippen molar-refractivity contribution in [1.29, 1.82) is 0 Å². The molecular weight excluding hydrogens is 429 g/mol. The highest BCUT2D eigenvalue weighted by molar-refractivity contribution is 7.11. The molecule has 1 aromatic carbocycles. The lowest BCUT2D eigenvalue weighted by atomic mass is 10.2. The Morgan fingerprint density at radius 1 is 1.23 bits per heavy atom. The van der Waals surface area contributed by atoms with Crippen LogP contribution in [0.1, 0.15) is 34.5 Å². The Morgan fingerprint density at radius 2 is 2.03 bits per heavy atom. The first-order valence-electron chi connectivity index (χ1n) is 9.64. The highest BCUT2D eigenvalue weighted by atomic mass is 32.1. The minimum absolute atomic E-state index is 0.0951. The molecule has 1 aliphatic carbocycles. The summed E-state index contributed by atoms with van der Waals surface area (Å²) >= 11 is 0.521. The summed E-state index contributed by atoms with van der Waals surface area (Å²) in [4.78, 5) is 21.0. The maximum absolute atomic E-state index is 12.6. The number of thiazole rings is 1. The molecule has 0 unspecified atom stereocenters. The van der Waals surface area contributed by atoms with Crippen LogP contribution in [0.2, 0.25) is 0 Å². The Bertz CT molecular complexity index is 1330. The number of hydrogen-bond acceptors (Lipinski definition) is 5. The first-order chi connectivity index (χ1) is 14.8. The zero-order valence-electron chi connectivity index (χ0n) is 16.4. The quantitative estimate of drug-likeness (QED) is 0.448. The van der Waals surface area contributed by atoms with Crippen LogP contribution in [0.15, 0.2) is 47.5 Å². The molecule has 10 heteroatoms. The number of aromatic nitrogens is 4. The zero-order valence-corrected chi connectivity index (χ0v) is 17.2. The van der Waals surface area contributed by atoms with Gasteiger partial charge in [-0.25, -0.2) is 9.97 Å². The van der Waals surface area contributed by atoms with Crippen LogP contribution in [0.4, 0.5) is 13.2 Å². The highest BCUT2D eigenvalue weighted by Crippen LogP contribution is 2.40. The third-order valence-electron chi connectivity index (χ3n) is 5.19. The molecule has 3 aromatic heterocycles. The van der Waals surface area contributed by atoms with E-state index in [0.29, 0.717) is 27.8 Å². The molecule has 6 nitrogen and oxygen atoms in total. The first-order valence-corrected chi connectivity index (χ1v) is 10.5. The van der Waals surface area contributed by atoms with E-state index in [1.807, 2.05) is 25.2 Å². The summed E-state index contributed by atoms with van der Waals surface area (Å²) in [5.41, 5.74) is 2.25. The van der Waals surface area contributed by atoms with E-state index < -0.39 is 11.2 Å². The molecule has 1 fully saturated rings. The third-order valence-corrected chi connectivity index (χ3v) is 6.20. The number of rotatable bonds is 5. The summed E-state index contributed by atoms with van der Waals surface area (Å²) in [5.74, 6) is 1.87. The number of hydrogen-bond donors (Lipinski definition) is 0. The summed E-state index contributed by atoms with van der Waals surface area (Å²) in [6.45, 7) is -0.0951. The molecule has 0 aliphatic heterocycles. The number of fused-ring (bicyclic) bond motifs is 1. The number of imidazole rings is 1. The fraction of sp³-hybridized carbons (Fsp3) is 0.286. The monoisotopic (exact) mass is 446 g/mol. The largest absolute Gasteiger partial charge is 0.488 e. The van der Waals surface area contributed by atoms with Gasteiger partial charge in [0, 0.05) is 31.4 Å². The van der Waals surface area contributed by atoms with E-state index in [9.17, 15) is 18.0 Å². The summed E-state index contributed by atoms with van der Waals surface area (Å²) in [6, 6.07) is 8.58. The molecule has 5 rings (SSSR count). The number of halogens is 3. The second-order valence-electron chi connectivity index (χ2n) is 7.47. The molecule has 0 atom stereocenters. The molecule has 3 heterocycles. The standard InChI is InChI=1S/C21H17F3N4O2S/c1-27-17-8-13(4-5-16(17)26-19(27)12-2-3-12)28-7-6-14(9-18(28)29)30-11-15-10-25-20(31-15)21(22,23)24/h4-10,12H,2-3,11H2,1H3. The van der Waals surface area contributed by atoms with Crippen LogP contribution in [0.3, 0.4) is 0 Å². The van der Waals surface area contributed by atoms with Crippen molar-refractivity contribution in [3.8, 4) is 11.4 Å². The minimum atomic E-state index is -4.47. The van der Waals surface area contributed by atoms with Crippen molar-refractivity contribution in [3.05, 3.63) is 68.8 Å². The molecule has 0 spiro atoms. The van der Waals surface area contributed by atoms with Crippen molar-refractivity contribution in [3.63, 3.8) is 0 Å². The van der Waals surface area contributed by atoms with Gasteiger partial charge in [0.25, 0.3) is 5.56 Å². The first kappa shape index (κ1) is 19.8. The van der Waals surface area contributed by atoms with Crippen LogP contribution in [0.5, 0.6) is 5.75 Å². The van der Waals surface area contributed by atoms with Gasteiger partial charge < -0.3 is 9.30 Å². The van der Waals surface area contributed by atoms with E-state index in [1.165, 1.54) is 10.6 Å². The van der Waals surface area contributed by atoms with Crippen molar-refractivity contribution in [2.75, 3.05) is 0 Å². The summed E-state index contributed by atoms with van der Waals surface area (Å²) in [5, 5.41) is -0.920. The second-order valence-corrected chi connectivity index (χ2v) is 8.58. The Morgan fingerprint density at radius 3 is 2.71 bits per heavy atom. The van der Waals surface area contributed by atoms with Gasteiger partial charge in [-0.1, -0.05) is 0 Å². The summed E-state index contributed by atoms with van der Waals surface area (Å²) in [6.07, 6.45) is 0.560. The predicted molar refractivity (Wildman–Crippen MR) is 110 cm³/mol. The maximum atomic E-state index is 12.6. The van der Waals surface area contributed by atoms with Gasteiger partial charge in [-0.2, -0.15) is 13.2 Å². The maximum Gasteiger partial charge on any atom is 0.443 e. The van der Waals surface area contributed by atoms with Crippen molar-refractivity contribution >= 4 is 22.4 Å². The summed E-state index contributed by atoms with van der Waals surface area (Å²) < 4.78 is 47.0. The zero-order chi connectivity index (χ0) is 21.8. The van der Waals surface area contributed by atoms with Crippen LogP contribution in [0.25, 0.3) is 16.7 Å². The average Bonchev–Trinajstić information content (AvgIpc) is 3.35. The van der Waals surface area contributed by atoms with E-state index in [0.717, 1.165) is 35.9 Å². The van der Waals surface area contributed by atoms with E-state index >= 15 is 0 Å². The van der Waals surface area contributed by atoms with Gasteiger partial charge in [-0.05, 0) is 37.1 Å². The lowest BCUT2D eigenvalue weighted by Gasteiger charge is -2.09. The molecule has 0 bridgehead atoms. The van der Waals surface area contributed by atoms with Crippen LogP contribution in [0, 0.1) is 0 Å². The highest BCUT2D eigenvalue weighted by Gasteiger charge is 2.34. The number of ether oxygens (including phenoxy) is 1. The van der Waals surface area contributed by atoms with E-state index in [4.69, 9.17) is 9.72 Å². The molecule has 4 aromatic rings. The SMILES string of the molecule is Cn1c(C2CC2)nc2ccc(-n3ccc(OCc4cnc(C(F)(F)F)s4)cc3=O)cc21. The van der Waals surface area contributed by atoms with Crippen LogP contribution in [-0.4, -0.2) is 19.1 Å². The molecule has 160 valence electrons. The molecule has 0 N–H and O–H groups in total. The smallest absolute Gasteiger partial charge is 0.443 e.